The highest BCUT2D eigenvalue weighted by Gasteiger charge is 2.12. The molecule has 0 aliphatic rings. The Morgan fingerprint density at radius 2 is 2.33 bits per heavy atom. The number of carbonyl (C=O) groups is 1. The second-order valence-electron chi connectivity index (χ2n) is 3.12. The van der Waals surface area contributed by atoms with E-state index in [1.165, 1.54) is 24.0 Å². The third-order valence-corrected chi connectivity index (χ3v) is 2.04. The molecule has 6 nitrogen and oxygen atoms in total. The summed E-state index contributed by atoms with van der Waals surface area (Å²) in [6, 6.07) is 0. The van der Waals surface area contributed by atoms with Gasteiger partial charge in [-0.2, -0.15) is 5.10 Å². The molecule has 2 rings (SSSR count). The standard InChI is InChI=1S/C9H9N3O3/c1-5-7(15-6(2)13)3-12-8(5)9(14)10-4-11-12/h3-4H,1-2H3,(H,10,11,14). The molecular weight excluding hydrogens is 198 g/mol. The first-order valence-corrected chi connectivity index (χ1v) is 4.33. The van der Waals surface area contributed by atoms with E-state index >= 15 is 0 Å². The molecule has 0 aromatic carbocycles. The highest BCUT2D eigenvalue weighted by molar-refractivity contribution is 5.71. The van der Waals surface area contributed by atoms with Gasteiger partial charge in [0.15, 0.2) is 5.75 Å². The molecule has 0 saturated carbocycles. The first kappa shape index (κ1) is 9.45. The number of aromatic amines is 1. The van der Waals surface area contributed by atoms with Crippen LogP contribution in [0.25, 0.3) is 5.52 Å². The summed E-state index contributed by atoms with van der Waals surface area (Å²) in [7, 11) is 0. The molecule has 78 valence electrons. The monoisotopic (exact) mass is 207 g/mol. The smallest absolute Gasteiger partial charge is 0.308 e. The minimum Gasteiger partial charge on any atom is -0.425 e. The van der Waals surface area contributed by atoms with Crippen LogP contribution in [0, 0.1) is 6.92 Å². The van der Waals surface area contributed by atoms with E-state index in [0.29, 0.717) is 16.8 Å². The van der Waals surface area contributed by atoms with Crippen molar-refractivity contribution in [2.75, 3.05) is 0 Å². The zero-order valence-electron chi connectivity index (χ0n) is 8.27. The molecule has 0 fully saturated rings. The predicted molar refractivity (Wildman–Crippen MR) is 51.9 cm³/mol. The summed E-state index contributed by atoms with van der Waals surface area (Å²) >= 11 is 0. The van der Waals surface area contributed by atoms with Gasteiger partial charge in [-0.25, -0.2) is 4.52 Å². The quantitative estimate of drug-likeness (QED) is 0.680. The fourth-order valence-corrected chi connectivity index (χ4v) is 1.40. The topological polar surface area (TPSA) is 76.5 Å². The molecule has 0 aliphatic carbocycles. The molecule has 2 aromatic heterocycles. The van der Waals surface area contributed by atoms with Crippen molar-refractivity contribution in [3.63, 3.8) is 0 Å². The van der Waals surface area contributed by atoms with E-state index in [2.05, 4.69) is 10.1 Å². The van der Waals surface area contributed by atoms with Gasteiger partial charge in [0, 0.05) is 12.5 Å². The van der Waals surface area contributed by atoms with E-state index in [9.17, 15) is 9.59 Å². The van der Waals surface area contributed by atoms with Crippen molar-refractivity contribution in [1.82, 2.24) is 14.6 Å². The lowest BCUT2D eigenvalue weighted by molar-refractivity contribution is -0.131. The first-order chi connectivity index (χ1) is 7.09. The van der Waals surface area contributed by atoms with Crippen molar-refractivity contribution in [2.45, 2.75) is 13.8 Å². The number of rotatable bonds is 1. The number of carbonyl (C=O) groups excluding carboxylic acids is 1. The third kappa shape index (κ3) is 1.50. The summed E-state index contributed by atoms with van der Waals surface area (Å²) in [5.41, 5.74) is 0.717. The van der Waals surface area contributed by atoms with Crippen LogP contribution in [0.1, 0.15) is 12.5 Å². The van der Waals surface area contributed by atoms with Crippen LogP contribution in [0.2, 0.25) is 0 Å². The maximum atomic E-state index is 11.4. The van der Waals surface area contributed by atoms with Crippen molar-refractivity contribution in [3.05, 3.63) is 28.4 Å². The van der Waals surface area contributed by atoms with Gasteiger partial charge in [-0.15, -0.1) is 0 Å². The summed E-state index contributed by atoms with van der Waals surface area (Å²) in [5, 5.41) is 3.90. The van der Waals surface area contributed by atoms with E-state index in [-0.39, 0.29) is 5.56 Å². The highest BCUT2D eigenvalue weighted by atomic mass is 16.5. The zero-order valence-corrected chi connectivity index (χ0v) is 8.27. The van der Waals surface area contributed by atoms with Crippen molar-refractivity contribution < 1.29 is 9.53 Å². The number of nitrogens with one attached hydrogen (secondary N) is 1. The number of nitrogens with zero attached hydrogens (tertiary/aromatic N) is 2. The number of hydrogen-bond acceptors (Lipinski definition) is 4. The average molecular weight is 207 g/mol. The molecular formula is C9H9N3O3. The van der Waals surface area contributed by atoms with Crippen molar-refractivity contribution in [3.8, 4) is 5.75 Å². The fourth-order valence-electron chi connectivity index (χ4n) is 1.40. The first-order valence-electron chi connectivity index (χ1n) is 4.33. The van der Waals surface area contributed by atoms with Gasteiger partial charge in [-0.1, -0.05) is 0 Å². The average Bonchev–Trinajstić information content (AvgIpc) is 2.44. The summed E-state index contributed by atoms with van der Waals surface area (Å²) in [4.78, 5) is 24.7. The molecule has 0 saturated heterocycles. The summed E-state index contributed by atoms with van der Waals surface area (Å²) in [5.74, 6) is -0.0721. The SMILES string of the molecule is CC(=O)Oc1cn2nc[nH]c(=O)c2c1C. The Bertz CT molecular complexity index is 582. The number of fused-ring (bicyclic) bond motifs is 1. The lowest BCUT2D eigenvalue weighted by Crippen LogP contribution is -2.10. The number of H-pyrrole nitrogens is 1. The minimum absolute atomic E-state index is 0.263. The van der Waals surface area contributed by atoms with Gasteiger partial charge >= 0.3 is 5.97 Å². The van der Waals surface area contributed by atoms with Gasteiger partial charge in [-0.3, -0.25) is 9.59 Å². The number of esters is 1. The molecule has 0 spiro atoms. The molecule has 0 radical (unpaired) electrons. The van der Waals surface area contributed by atoms with E-state index < -0.39 is 5.97 Å². The van der Waals surface area contributed by atoms with Crippen LogP contribution in [0.5, 0.6) is 5.75 Å². The Labute approximate surface area is 84.5 Å². The Morgan fingerprint density at radius 3 is 2.93 bits per heavy atom. The van der Waals surface area contributed by atoms with E-state index in [0.717, 1.165) is 0 Å². The van der Waals surface area contributed by atoms with Gasteiger partial charge in [-0.05, 0) is 6.92 Å². The minimum atomic E-state index is -0.426. The van der Waals surface area contributed by atoms with Gasteiger partial charge in [0.2, 0.25) is 0 Å². The van der Waals surface area contributed by atoms with Gasteiger partial charge < -0.3 is 9.72 Å². The van der Waals surface area contributed by atoms with E-state index in [1.807, 2.05) is 0 Å². The highest BCUT2D eigenvalue weighted by Crippen LogP contribution is 2.21. The Morgan fingerprint density at radius 1 is 1.60 bits per heavy atom. The normalized spacial score (nSPS) is 10.5. The summed E-state index contributed by atoms with van der Waals surface area (Å²) in [6.45, 7) is 3.00. The maximum Gasteiger partial charge on any atom is 0.308 e. The van der Waals surface area contributed by atoms with Crippen molar-refractivity contribution in [1.29, 1.82) is 0 Å². The Balaban J connectivity index is 2.70. The number of aromatic nitrogens is 3. The summed E-state index contributed by atoms with van der Waals surface area (Å²) in [6.07, 6.45) is 2.79. The number of hydrogen-bond donors (Lipinski definition) is 1. The van der Waals surface area contributed by atoms with E-state index in [4.69, 9.17) is 4.74 Å². The fraction of sp³-hybridized carbons (Fsp3) is 0.222. The molecule has 2 aromatic rings. The number of ether oxygens (including phenoxy) is 1. The maximum absolute atomic E-state index is 11.4. The van der Waals surface area contributed by atoms with Crippen LogP contribution in [0.15, 0.2) is 17.3 Å². The largest absolute Gasteiger partial charge is 0.425 e. The van der Waals surface area contributed by atoms with Crippen molar-refractivity contribution in [2.24, 2.45) is 0 Å². The number of aryl methyl sites for hydroxylation is 1. The molecule has 0 unspecified atom stereocenters. The van der Waals surface area contributed by atoms with Gasteiger partial charge in [0.25, 0.3) is 5.56 Å². The van der Waals surface area contributed by atoms with Gasteiger partial charge in [0.1, 0.15) is 11.8 Å². The van der Waals surface area contributed by atoms with Crippen LogP contribution in [0.3, 0.4) is 0 Å². The van der Waals surface area contributed by atoms with Gasteiger partial charge in [0.05, 0.1) is 6.20 Å². The second kappa shape index (κ2) is 3.23. The zero-order chi connectivity index (χ0) is 11.0. The lowest BCUT2D eigenvalue weighted by atomic mass is 10.3. The predicted octanol–water partition coefficient (Wildman–Crippen LogP) is 0.256. The van der Waals surface area contributed by atoms with Crippen LogP contribution in [-0.4, -0.2) is 20.6 Å². The molecule has 2 heterocycles. The molecule has 0 atom stereocenters. The Kier molecular flexibility index (Phi) is 2.03. The molecule has 15 heavy (non-hydrogen) atoms. The summed E-state index contributed by atoms with van der Waals surface area (Å²) < 4.78 is 6.31. The van der Waals surface area contributed by atoms with Crippen LogP contribution in [-0.2, 0) is 4.79 Å². The Hall–Kier alpha value is -2.11. The lowest BCUT2D eigenvalue weighted by Gasteiger charge is -1.96. The van der Waals surface area contributed by atoms with Crippen LogP contribution < -0.4 is 10.3 Å². The molecule has 6 heteroatoms. The molecule has 0 amide bonds. The van der Waals surface area contributed by atoms with Crippen molar-refractivity contribution >= 4 is 11.5 Å². The molecule has 0 aliphatic heterocycles. The van der Waals surface area contributed by atoms with Crippen LogP contribution >= 0.6 is 0 Å². The van der Waals surface area contributed by atoms with E-state index in [1.54, 1.807) is 6.92 Å². The second-order valence-corrected chi connectivity index (χ2v) is 3.12. The van der Waals surface area contributed by atoms with Crippen LogP contribution in [0.4, 0.5) is 0 Å². The third-order valence-electron chi connectivity index (χ3n) is 2.04. The molecule has 0 bridgehead atoms. The molecule has 1 N–H and O–H groups in total.